The van der Waals surface area contributed by atoms with E-state index in [0.29, 0.717) is 46.1 Å². The van der Waals surface area contributed by atoms with Gasteiger partial charge in [-0.1, -0.05) is 42.8 Å². The van der Waals surface area contributed by atoms with Crippen molar-refractivity contribution in [3.8, 4) is 0 Å². The molecule has 1 aliphatic carbocycles. The van der Waals surface area contributed by atoms with Gasteiger partial charge in [0.05, 0.1) is 24.1 Å². The van der Waals surface area contributed by atoms with Gasteiger partial charge in [-0.15, -0.1) is 0 Å². The van der Waals surface area contributed by atoms with E-state index >= 15 is 0 Å². The fourth-order valence-corrected chi connectivity index (χ4v) is 4.94. The molecule has 8 heteroatoms. The van der Waals surface area contributed by atoms with E-state index < -0.39 is 0 Å². The van der Waals surface area contributed by atoms with Crippen LogP contribution in [0.4, 0.5) is 4.39 Å². The van der Waals surface area contributed by atoms with Crippen molar-refractivity contribution in [2.75, 3.05) is 13.7 Å². The van der Waals surface area contributed by atoms with Crippen LogP contribution in [0.5, 0.6) is 0 Å². The zero-order valence-electron chi connectivity index (χ0n) is 18.0. The first-order valence-electron chi connectivity index (χ1n) is 10.8. The number of methoxy groups -OCH3 is 1. The normalized spacial score (nSPS) is 14.2. The number of nitrogens with zero attached hydrogens (tertiary/aromatic N) is 2. The maximum absolute atomic E-state index is 14.1. The van der Waals surface area contributed by atoms with Gasteiger partial charge in [0, 0.05) is 24.5 Å². The highest BCUT2D eigenvalue weighted by molar-refractivity contribution is 7.98. The summed E-state index contributed by atoms with van der Waals surface area (Å²) in [5.41, 5.74) is 1.27. The molecule has 6 nitrogen and oxygen atoms in total. The topological polar surface area (TPSA) is 73.2 Å². The first-order chi connectivity index (χ1) is 15.6. The second-order valence-electron chi connectivity index (χ2n) is 7.91. The number of benzene rings is 2. The van der Waals surface area contributed by atoms with Crippen LogP contribution in [-0.2, 0) is 17.0 Å². The summed E-state index contributed by atoms with van der Waals surface area (Å²) in [5, 5.41) is 3.98. The van der Waals surface area contributed by atoms with E-state index in [2.05, 4.69) is 10.3 Å². The van der Waals surface area contributed by atoms with E-state index in [1.165, 1.54) is 17.8 Å². The molecule has 32 heavy (non-hydrogen) atoms. The molecule has 0 bridgehead atoms. The lowest BCUT2D eigenvalue weighted by Crippen LogP contribution is -2.32. The third-order valence-corrected chi connectivity index (χ3v) is 6.73. The van der Waals surface area contributed by atoms with E-state index in [9.17, 15) is 14.0 Å². The molecular weight excluding hydrogens is 429 g/mol. The van der Waals surface area contributed by atoms with Crippen LogP contribution in [-0.4, -0.2) is 35.2 Å². The second-order valence-corrected chi connectivity index (χ2v) is 8.85. The summed E-state index contributed by atoms with van der Waals surface area (Å²) >= 11 is 1.29. The van der Waals surface area contributed by atoms with E-state index in [1.54, 1.807) is 48.1 Å². The van der Waals surface area contributed by atoms with Crippen molar-refractivity contribution in [3.05, 3.63) is 69.8 Å². The van der Waals surface area contributed by atoms with Gasteiger partial charge in [-0.25, -0.2) is 9.37 Å². The predicted molar refractivity (Wildman–Crippen MR) is 124 cm³/mol. The van der Waals surface area contributed by atoms with Crippen molar-refractivity contribution in [1.82, 2.24) is 14.9 Å². The number of rotatable bonds is 8. The van der Waals surface area contributed by atoms with E-state index in [-0.39, 0.29) is 23.3 Å². The van der Waals surface area contributed by atoms with Gasteiger partial charge in [0.1, 0.15) is 5.82 Å². The Labute approximate surface area is 190 Å². The molecular formula is C24H26FN3O3S. The SMILES string of the molecule is COCCn1c(SCc2ccccc2F)nc2cc(C(=O)NC3CCCC3)ccc2c1=O. The van der Waals surface area contributed by atoms with Gasteiger partial charge in [-0.05, 0) is 42.7 Å². The molecule has 0 saturated heterocycles. The van der Waals surface area contributed by atoms with Crippen LogP contribution < -0.4 is 10.9 Å². The first-order valence-corrected chi connectivity index (χ1v) is 11.8. The zero-order chi connectivity index (χ0) is 22.5. The number of hydrogen-bond donors (Lipinski definition) is 1. The minimum atomic E-state index is -0.294. The third kappa shape index (κ3) is 5.02. The van der Waals surface area contributed by atoms with Crippen LogP contribution in [0.3, 0.4) is 0 Å². The van der Waals surface area contributed by atoms with Crippen molar-refractivity contribution in [2.45, 2.75) is 49.2 Å². The van der Waals surface area contributed by atoms with Gasteiger partial charge in [-0.3, -0.25) is 14.2 Å². The fourth-order valence-electron chi connectivity index (χ4n) is 3.93. The number of carbonyl (C=O) groups excluding carboxylic acids is 1. The summed E-state index contributed by atoms with van der Waals surface area (Å²) in [6.45, 7) is 0.685. The van der Waals surface area contributed by atoms with Crippen LogP contribution in [0, 0.1) is 5.82 Å². The summed E-state index contributed by atoms with van der Waals surface area (Å²) < 4.78 is 20.8. The fraction of sp³-hybridized carbons (Fsp3) is 0.375. The van der Waals surface area contributed by atoms with Crippen LogP contribution >= 0.6 is 11.8 Å². The van der Waals surface area contributed by atoms with Gasteiger partial charge in [0.15, 0.2) is 5.16 Å². The van der Waals surface area contributed by atoms with Crippen LogP contribution in [0.25, 0.3) is 10.9 Å². The molecule has 0 atom stereocenters. The summed E-state index contributed by atoms with van der Waals surface area (Å²) in [5.74, 6) is -0.110. The van der Waals surface area contributed by atoms with E-state index in [0.717, 1.165) is 25.7 Å². The molecule has 1 aromatic heterocycles. The van der Waals surface area contributed by atoms with Gasteiger partial charge < -0.3 is 10.1 Å². The lowest BCUT2D eigenvalue weighted by atomic mass is 10.1. The Morgan fingerprint density at radius 3 is 2.78 bits per heavy atom. The number of amides is 1. The Bertz CT molecular complexity index is 1170. The third-order valence-electron chi connectivity index (χ3n) is 5.71. The molecule has 0 spiro atoms. The molecule has 4 rings (SSSR count). The van der Waals surface area contributed by atoms with Crippen molar-refractivity contribution in [1.29, 1.82) is 0 Å². The Morgan fingerprint density at radius 2 is 2.03 bits per heavy atom. The quantitative estimate of drug-likeness (QED) is 0.408. The molecule has 168 valence electrons. The summed E-state index contributed by atoms with van der Waals surface area (Å²) in [6, 6.07) is 11.7. The molecule has 1 saturated carbocycles. The van der Waals surface area contributed by atoms with E-state index in [4.69, 9.17) is 4.74 Å². The second kappa shape index (κ2) is 10.3. The monoisotopic (exact) mass is 455 g/mol. The van der Waals surface area contributed by atoms with E-state index in [1.807, 2.05) is 0 Å². The number of nitrogens with one attached hydrogen (secondary N) is 1. The van der Waals surface area contributed by atoms with Crippen LogP contribution in [0.15, 0.2) is 52.4 Å². The summed E-state index contributed by atoms with van der Waals surface area (Å²) in [7, 11) is 1.57. The number of ether oxygens (including phenoxy) is 1. The highest BCUT2D eigenvalue weighted by Crippen LogP contribution is 2.24. The number of halogens is 1. The lowest BCUT2D eigenvalue weighted by Gasteiger charge is -2.14. The van der Waals surface area contributed by atoms with Crippen LogP contribution in [0.2, 0.25) is 0 Å². The number of fused-ring (bicyclic) bond motifs is 1. The Balaban J connectivity index is 1.66. The minimum absolute atomic E-state index is 0.148. The minimum Gasteiger partial charge on any atom is -0.383 e. The summed E-state index contributed by atoms with van der Waals surface area (Å²) in [4.78, 5) is 30.5. The lowest BCUT2D eigenvalue weighted by molar-refractivity contribution is 0.0938. The van der Waals surface area contributed by atoms with Gasteiger partial charge in [0.25, 0.3) is 11.5 Å². The highest BCUT2D eigenvalue weighted by Gasteiger charge is 2.19. The molecule has 1 aliphatic rings. The molecule has 1 fully saturated rings. The largest absolute Gasteiger partial charge is 0.383 e. The van der Waals surface area contributed by atoms with Crippen molar-refractivity contribution >= 4 is 28.6 Å². The molecule has 1 heterocycles. The maximum atomic E-state index is 14.1. The molecule has 3 aromatic rings. The number of aromatic nitrogens is 2. The smallest absolute Gasteiger partial charge is 0.262 e. The zero-order valence-corrected chi connectivity index (χ0v) is 18.8. The summed E-state index contributed by atoms with van der Waals surface area (Å²) in [6.07, 6.45) is 4.26. The Kier molecular flexibility index (Phi) is 7.22. The Morgan fingerprint density at radius 1 is 1.25 bits per heavy atom. The average molecular weight is 456 g/mol. The molecule has 1 amide bonds. The van der Waals surface area contributed by atoms with Gasteiger partial charge in [0.2, 0.25) is 0 Å². The maximum Gasteiger partial charge on any atom is 0.262 e. The van der Waals surface area contributed by atoms with Crippen molar-refractivity contribution in [3.63, 3.8) is 0 Å². The number of thioether (sulfide) groups is 1. The predicted octanol–water partition coefficient (Wildman–Crippen LogP) is 4.15. The van der Waals surface area contributed by atoms with Crippen molar-refractivity contribution < 1.29 is 13.9 Å². The molecule has 0 unspecified atom stereocenters. The van der Waals surface area contributed by atoms with Gasteiger partial charge in [-0.2, -0.15) is 0 Å². The molecule has 1 N–H and O–H groups in total. The van der Waals surface area contributed by atoms with Gasteiger partial charge >= 0.3 is 0 Å². The first kappa shape index (κ1) is 22.5. The number of hydrogen-bond acceptors (Lipinski definition) is 5. The van der Waals surface area contributed by atoms with Crippen LogP contribution in [0.1, 0.15) is 41.6 Å². The molecule has 0 radical (unpaired) electrons. The standard InChI is InChI=1S/C24H26FN3O3S/c1-31-13-12-28-23(30)19-11-10-16(22(29)26-18-7-3-4-8-18)14-21(19)27-24(28)32-15-17-6-2-5-9-20(17)25/h2,5-6,9-11,14,18H,3-4,7-8,12-13,15H2,1H3,(H,26,29). The molecule has 2 aromatic carbocycles. The molecule has 0 aliphatic heterocycles. The Hall–Kier alpha value is -2.71. The average Bonchev–Trinajstić information content (AvgIpc) is 3.31. The highest BCUT2D eigenvalue weighted by atomic mass is 32.2. The van der Waals surface area contributed by atoms with Crippen molar-refractivity contribution in [2.24, 2.45) is 0 Å². The number of carbonyl (C=O) groups is 1.